The molecule has 0 saturated heterocycles. The largest absolute Gasteiger partial charge is 0.458 e. The molecule has 1 aromatic carbocycles. The molecule has 0 fully saturated rings. The number of hydrogen-bond acceptors (Lipinski definition) is 2. The van der Waals surface area contributed by atoms with Gasteiger partial charge in [0.15, 0.2) is 0 Å². The van der Waals surface area contributed by atoms with Crippen molar-refractivity contribution in [2.45, 2.75) is 19.4 Å². The quantitative estimate of drug-likeness (QED) is 0.812. The number of halogens is 1. The van der Waals surface area contributed by atoms with Crippen molar-refractivity contribution in [1.82, 2.24) is 0 Å². The molecule has 0 radical (unpaired) electrons. The fourth-order valence-electron chi connectivity index (χ4n) is 1.66. The number of rotatable bonds is 3. The number of alkyl halides is 1. The van der Waals surface area contributed by atoms with Gasteiger partial charge < -0.3 is 9.52 Å². The summed E-state index contributed by atoms with van der Waals surface area (Å²) in [5.41, 5.74) is 2.01. The first-order valence-electron chi connectivity index (χ1n) is 5.01. The normalized spacial score (nSPS) is 13.3. The lowest BCUT2D eigenvalue weighted by molar-refractivity contribution is 0.175. The molecule has 2 aromatic rings. The lowest BCUT2D eigenvalue weighted by Crippen LogP contribution is -1.95. The molecular weight excluding hydrogens is 212 g/mol. The summed E-state index contributed by atoms with van der Waals surface area (Å²) >= 11 is 5.58. The number of aliphatic hydroxyl groups is 1. The van der Waals surface area contributed by atoms with Gasteiger partial charge in [-0.1, -0.05) is 25.1 Å². The summed E-state index contributed by atoms with van der Waals surface area (Å²) in [5, 5.41) is 10.6. The second-order valence-corrected chi connectivity index (χ2v) is 3.82. The zero-order valence-corrected chi connectivity index (χ0v) is 9.29. The minimum atomic E-state index is -0.719. The highest BCUT2D eigenvalue weighted by Crippen LogP contribution is 2.27. The summed E-state index contributed by atoms with van der Waals surface area (Å²) in [4.78, 5) is 0. The maximum absolute atomic E-state index is 9.57. The van der Waals surface area contributed by atoms with Gasteiger partial charge in [-0.15, -0.1) is 11.6 Å². The third-order valence-corrected chi connectivity index (χ3v) is 2.79. The fourth-order valence-corrected chi connectivity index (χ4v) is 1.81. The van der Waals surface area contributed by atoms with Gasteiger partial charge in [0.05, 0.1) is 5.88 Å². The van der Waals surface area contributed by atoms with Crippen LogP contribution in [0.1, 0.15) is 24.4 Å². The van der Waals surface area contributed by atoms with Crippen LogP contribution in [0.4, 0.5) is 0 Å². The number of aryl methyl sites for hydroxylation is 1. The van der Waals surface area contributed by atoms with E-state index < -0.39 is 6.10 Å². The maximum Gasteiger partial charge on any atom is 0.137 e. The van der Waals surface area contributed by atoms with Gasteiger partial charge in [-0.05, 0) is 18.1 Å². The van der Waals surface area contributed by atoms with Gasteiger partial charge in [-0.3, -0.25) is 0 Å². The fraction of sp³-hybridized carbons (Fsp3) is 0.333. The molecule has 0 aliphatic carbocycles. The Kier molecular flexibility index (Phi) is 2.98. The smallest absolute Gasteiger partial charge is 0.137 e. The molecule has 0 saturated carbocycles. The Morgan fingerprint density at radius 1 is 1.47 bits per heavy atom. The van der Waals surface area contributed by atoms with E-state index in [0.29, 0.717) is 5.76 Å². The van der Waals surface area contributed by atoms with Crippen LogP contribution in [0.5, 0.6) is 0 Å². The molecule has 2 nitrogen and oxygen atoms in total. The summed E-state index contributed by atoms with van der Waals surface area (Å²) in [7, 11) is 0. The van der Waals surface area contributed by atoms with E-state index in [1.807, 2.05) is 24.3 Å². The van der Waals surface area contributed by atoms with Crippen molar-refractivity contribution in [2.24, 2.45) is 0 Å². The minimum absolute atomic E-state index is 0.154. The van der Waals surface area contributed by atoms with Crippen LogP contribution in [-0.4, -0.2) is 11.0 Å². The molecule has 15 heavy (non-hydrogen) atoms. The van der Waals surface area contributed by atoms with E-state index in [2.05, 4.69) is 6.92 Å². The number of furan rings is 1. The second kappa shape index (κ2) is 4.25. The minimum Gasteiger partial charge on any atom is -0.458 e. The van der Waals surface area contributed by atoms with Crippen molar-refractivity contribution in [3.05, 3.63) is 35.6 Å². The lowest BCUT2D eigenvalue weighted by Gasteiger charge is -2.00. The number of benzene rings is 1. The first-order valence-corrected chi connectivity index (χ1v) is 5.55. The van der Waals surface area contributed by atoms with Gasteiger partial charge in [0.2, 0.25) is 0 Å². The Labute approximate surface area is 93.5 Å². The highest BCUT2D eigenvalue weighted by molar-refractivity contribution is 6.18. The van der Waals surface area contributed by atoms with Crippen molar-refractivity contribution in [2.75, 3.05) is 5.88 Å². The monoisotopic (exact) mass is 224 g/mol. The zero-order chi connectivity index (χ0) is 10.8. The van der Waals surface area contributed by atoms with Crippen molar-refractivity contribution >= 4 is 22.6 Å². The van der Waals surface area contributed by atoms with Crippen molar-refractivity contribution in [3.8, 4) is 0 Å². The van der Waals surface area contributed by atoms with E-state index in [4.69, 9.17) is 16.0 Å². The van der Waals surface area contributed by atoms with Gasteiger partial charge in [0.25, 0.3) is 0 Å². The Balaban J connectivity index is 2.55. The van der Waals surface area contributed by atoms with E-state index in [0.717, 1.165) is 23.0 Å². The molecule has 0 aliphatic rings. The van der Waals surface area contributed by atoms with Crippen LogP contribution in [-0.2, 0) is 6.42 Å². The van der Waals surface area contributed by atoms with Gasteiger partial charge in [-0.25, -0.2) is 0 Å². The Bertz CT molecular complexity index is 462. The molecule has 1 N–H and O–H groups in total. The average molecular weight is 225 g/mol. The second-order valence-electron chi connectivity index (χ2n) is 3.51. The molecule has 80 valence electrons. The number of aliphatic hydroxyl groups excluding tert-OH is 1. The molecule has 2 rings (SSSR count). The SMILES string of the molecule is CCc1cccc2cc([C@@H](O)CCl)oc12. The van der Waals surface area contributed by atoms with Crippen molar-refractivity contribution in [1.29, 1.82) is 0 Å². The Morgan fingerprint density at radius 3 is 2.93 bits per heavy atom. The van der Waals surface area contributed by atoms with E-state index in [1.165, 1.54) is 0 Å². The van der Waals surface area contributed by atoms with E-state index in [9.17, 15) is 5.11 Å². The van der Waals surface area contributed by atoms with Gasteiger partial charge >= 0.3 is 0 Å². The van der Waals surface area contributed by atoms with Gasteiger partial charge in [-0.2, -0.15) is 0 Å². The van der Waals surface area contributed by atoms with Crippen LogP contribution >= 0.6 is 11.6 Å². The van der Waals surface area contributed by atoms with Crippen molar-refractivity contribution < 1.29 is 9.52 Å². The van der Waals surface area contributed by atoms with Crippen LogP contribution in [0.15, 0.2) is 28.7 Å². The summed E-state index contributed by atoms with van der Waals surface area (Å²) < 4.78 is 5.61. The standard InChI is InChI=1S/C12H13ClO2/c1-2-8-4-3-5-9-6-11(10(14)7-13)15-12(8)9/h3-6,10,14H,2,7H2,1H3/t10-/m0/s1. The predicted molar refractivity (Wildman–Crippen MR) is 61.3 cm³/mol. The molecule has 0 spiro atoms. The van der Waals surface area contributed by atoms with Gasteiger partial charge in [0, 0.05) is 5.39 Å². The topological polar surface area (TPSA) is 33.4 Å². The molecule has 1 heterocycles. The number of fused-ring (bicyclic) bond motifs is 1. The lowest BCUT2D eigenvalue weighted by atomic mass is 10.1. The summed E-state index contributed by atoms with van der Waals surface area (Å²) in [6.45, 7) is 2.08. The van der Waals surface area contributed by atoms with E-state index >= 15 is 0 Å². The van der Waals surface area contributed by atoms with Crippen molar-refractivity contribution in [3.63, 3.8) is 0 Å². The van der Waals surface area contributed by atoms with Crippen LogP contribution in [0.25, 0.3) is 11.0 Å². The first kappa shape index (κ1) is 10.5. The molecule has 3 heteroatoms. The third kappa shape index (κ3) is 1.87. The molecular formula is C12H13ClO2. The van der Waals surface area contributed by atoms with E-state index in [-0.39, 0.29) is 5.88 Å². The molecule has 0 bridgehead atoms. The predicted octanol–water partition coefficient (Wildman–Crippen LogP) is 3.27. The van der Waals surface area contributed by atoms with Crippen LogP contribution in [0.2, 0.25) is 0 Å². The Morgan fingerprint density at radius 2 is 2.27 bits per heavy atom. The molecule has 1 atom stereocenters. The summed E-state index contributed by atoms with van der Waals surface area (Å²) in [5.74, 6) is 0.697. The first-order chi connectivity index (χ1) is 7.26. The molecule has 0 unspecified atom stereocenters. The number of hydrogen-bond donors (Lipinski definition) is 1. The highest BCUT2D eigenvalue weighted by Gasteiger charge is 2.13. The zero-order valence-electron chi connectivity index (χ0n) is 8.53. The number of para-hydroxylation sites is 1. The van der Waals surface area contributed by atoms with Crippen LogP contribution in [0.3, 0.4) is 0 Å². The highest BCUT2D eigenvalue weighted by atomic mass is 35.5. The summed E-state index contributed by atoms with van der Waals surface area (Å²) in [6.07, 6.45) is 0.199. The molecule has 1 aromatic heterocycles. The summed E-state index contributed by atoms with van der Waals surface area (Å²) in [6, 6.07) is 7.85. The van der Waals surface area contributed by atoms with E-state index in [1.54, 1.807) is 0 Å². The van der Waals surface area contributed by atoms with Crippen LogP contribution < -0.4 is 0 Å². The molecule has 0 amide bonds. The van der Waals surface area contributed by atoms with Crippen LogP contribution in [0, 0.1) is 0 Å². The van der Waals surface area contributed by atoms with Gasteiger partial charge in [0.1, 0.15) is 17.4 Å². The average Bonchev–Trinajstić information content (AvgIpc) is 2.71. The molecule has 0 aliphatic heterocycles. The third-order valence-electron chi connectivity index (χ3n) is 2.50. The Hall–Kier alpha value is -0.990. The maximum atomic E-state index is 9.57.